The fourth-order valence-corrected chi connectivity index (χ4v) is 3.41. The molecule has 1 aliphatic heterocycles. The van der Waals surface area contributed by atoms with Crippen molar-refractivity contribution < 1.29 is 24.6 Å². The number of rotatable bonds is 3. The highest BCUT2D eigenvalue weighted by Gasteiger charge is 2.38. The number of anilines is 1. The summed E-state index contributed by atoms with van der Waals surface area (Å²) in [5, 5.41) is 18.9. The first-order chi connectivity index (χ1) is 9.99. The number of pyridine rings is 1. The number of thiophene rings is 1. The number of aromatic carboxylic acids is 1. The minimum atomic E-state index is -1.15. The fraction of sp³-hybridized carbons (Fsp3) is 0.231. The monoisotopic (exact) mass is 306 g/mol. The Kier molecular flexibility index (Phi) is 3.09. The van der Waals surface area contributed by atoms with E-state index in [0.29, 0.717) is 10.2 Å². The summed E-state index contributed by atoms with van der Waals surface area (Å²) in [6.45, 7) is -0.0187. The quantitative estimate of drug-likeness (QED) is 0.888. The Morgan fingerprint density at radius 2 is 2.14 bits per heavy atom. The molecule has 3 heterocycles. The zero-order chi connectivity index (χ0) is 15.1. The molecule has 0 aliphatic carbocycles. The first kappa shape index (κ1) is 13.5. The topological polar surface area (TPSA) is 108 Å². The highest BCUT2D eigenvalue weighted by molar-refractivity contribution is 7.21. The molecule has 1 fully saturated rings. The van der Waals surface area contributed by atoms with Gasteiger partial charge in [-0.25, -0.2) is 9.78 Å². The van der Waals surface area contributed by atoms with Crippen LogP contribution in [-0.4, -0.2) is 39.6 Å². The van der Waals surface area contributed by atoms with E-state index in [1.807, 2.05) is 0 Å². The zero-order valence-corrected chi connectivity index (χ0v) is 11.5. The molecule has 1 aliphatic rings. The Hall–Kier alpha value is -2.48. The molecule has 0 bridgehead atoms. The van der Waals surface area contributed by atoms with Gasteiger partial charge in [-0.3, -0.25) is 9.59 Å². The highest BCUT2D eigenvalue weighted by Crippen LogP contribution is 2.39. The van der Waals surface area contributed by atoms with Crippen molar-refractivity contribution in [2.75, 3.05) is 11.4 Å². The van der Waals surface area contributed by atoms with Crippen LogP contribution in [0.4, 0.5) is 5.69 Å². The minimum absolute atomic E-state index is 0.00286. The average molecular weight is 306 g/mol. The number of aromatic nitrogens is 1. The summed E-state index contributed by atoms with van der Waals surface area (Å²) in [5.74, 6) is -3.40. The van der Waals surface area contributed by atoms with Crippen LogP contribution in [0.25, 0.3) is 10.2 Å². The van der Waals surface area contributed by atoms with E-state index in [0.717, 1.165) is 11.3 Å². The van der Waals surface area contributed by atoms with E-state index in [2.05, 4.69) is 4.98 Å². The lowest BCUT2D eigenvalue weighted by atomic mass is 10.1. The molecule has 8 heteroatoms. The molecule has 1 saturated heterocycles. The molecule has 1 unspecified atom stereocenters. The minimum Gasteiger partial charge on any atom is -0.481 e. The van der Waals surface area contributed by atoms with Crippen LogP contribution in [0.5, 0.6) is 0 Å². The van der Waals surface area contributed by atoms with Crippen molar-refractivity contribution in [1.82, 2.24) is 4.98 Å². The van der Waals surface area contributed by atoms with Gasteiger partial charge in [0.25, 0.3) is 0 Å². The van der Waals surface area contributed by atoms with Crippen LogP contribution in [0.1, 0.15) is 16.1 Å². The van der Waals surface area contributed by atoms with E-state index >= 15 is 0 Å². The Morgan fingerprint density at radius 1 is 1.38 bits per heavy atom. The highest BCUT2D eigenvalue weighted by atomic mass is 32.1. The Morgan fingerprint density at radius 3 is 2.76 bits per heavy atom. The molecule has 108 valence electrons. The lowest BCUT2D eigenvalue weighted by molar-refractivity contribution is -0.141. The van der Waals surface area contributed by atoms with Crippen LogP contribution in [0.2, 0.25) is 0 Å². The summed E-state index contributed by atoms with van der Waals surface area (Å²) in [4.78, 5) is 40.4. The van der Waals surface area contributed by atoms with Gasteiger partial charge >= 0.3 is 11.9 Å². The maximum Gasteiger partial charge on any atom is 0.348 e. The number of hydrogen-bond acceptors (Lipinski definition) is 5. The number of hydrogen-bond donors (Lipinski definition) is 2. The van der Waals surface area contributed by atoms with Crippen molar-refractivity contribution >= 4 is 45.1 Å². The third-order valence-corrected chi connectivity index (χ3v) is 4.47. The van der Waals surface area contributed by atoms with Crippen LogP contribution in [0.15, 0.2) is 18.3 Å². The Bertz CT molecular complexity index is 769. The number of fused-ring (bicyclic) bond motifs is 1. The lowest BCUT2D eigenvalue weighted by Crippen LogP contribution is -2.27. The number of carbonyl (C=O) groups excluding carboxylic acids is 1. The van der Waals surface area contributed by atoms with Gasteiger partial charge in [0, 0.05) is 24.5 Å². The molecule has 3 rings (SSSR count). The van der Waals surface area contributed by atoms with Crippen LogP contribution in [0, 0.1) is 5.92 Å². The molecular weight excluding hydrogens is 296 g/mol. The van der Waals surface area contributed by atoms with Gasteiger partial charge in [-0.15, -0.1) is 11.3 Å². The fourth-order valence-electron chi connectivity index (χ4n) is 2.42. The van der Waals surface area contributed by atoms with E-state index in [1.165, 1.54) is 4.90 Å². The molecule has 1 amide bonds. The number of carbonyl (C=O) groups is 3. The summed E-state index contributed by atoms with van der Waals surface area (Å²) in [7, 11) is 0. The molecule has 0 aromatic carbocycles. The van der Waals surface area contributed by atoms with E-state index in [1.54, 1.807) is 18.3 Å². The summed E-state index contributed by atoms with van der Waals surface area (Å²) >= 11 is 0.979. The average Bonchev–Trinajstić information content (AvgIpc) is 2.99. The Balaban J connectivity index is 2.15. The number of amides is 1. The van der Waals surface area contributed by atoms with Gasteiger partial charge in [0.05, 0.1) is 11.6 Å². The predicted octanol–water partition coefficient (Wildman–Crippen LogP) is 1.43. The molecule has 1 atom stereocenters. The molecule has 21 heavy (non-hydrogen) atoms. The third-order valence-electron chi connectivity index (χ3n) is 3.38. The van der Waals surface area contributed by atoms with Crippen molar-refractivity contribution in [2.24, 2.45) is 5.92 Å². The summed E-state index contributed by atoms with van der Waals surface area (Å²) < 4.78 is 0. The van der Waals surface area contributed by atoms with Gasteiger partial charge in [0.1, 0.15) is 9.71 Å². The SMILES string of the molecule is O=C(O)c1sc2ncccc2c1N1CC(C(=O)O)CC1=O. The molecular formula is C13H10N2O5S. The maximum atomic E-state index is 12.1. The lowest BCUT2D eigenvalue weighted by Gasteiger charge is -2.16. The van der Waals surface area contributed by atoms with Crippen molar-refractivity contribution in [3.8, 4) is 0 Å². The summed E-state index contributed by atoms with van der Waals surface area (Å²) in [5.41, 5.74) is 0.254. The van der Waals surface area contributed by atoms with Gasteiger partial charge in [-0.05, 0) is 12.1 Å². The first-order valence-electron chi connectivity index (χ1n) is 6.13. The van der Waals surface area contributed by atoms with Gasteiger partial charge in [-0.2, -0.15) is 0 Å². The van der Waals surface area contributed by atoms with E-state index in [-0.39, 0.29) is 29.4 Å². The molecule has 2 aromatic rings. The molecule has 0 saturated carbocycles. The van der Waals surface area contributed by atoms with E-state index in [9.17, 15) is 19.5 Å². The smallest absolute Gasteiger partial charge is 0.348 e. The third kappa shape index (κ3) is 2.13. The van der Waals surface area contributed by atoms with Gasteiger partial charge < -0.3 is 15.1 Å². The second kappa shape index (κ2) is 4.81. The molecule has 2 N–H and O–H groups in total. The van der Waals surface area contributed by atoms with Crippen LogP contribution < -0.4 is 4.90 Å². The normalized spacial score (nSPS) is 18.4. The van der Waals surface area contributed by atoms with E-state index < -0.39 is 17.9 Å². The van der Waals surface area contributed by atoms with E-state index in [4.69, 9.17) is 5.11 Å². The summed E-state index contributed by atoms with van der Waals surface area (Å²) in [6.07, 6.45) is 1.42. The number of carboxylic acid groups (broad SMARTS) is 2. The first-order valence-corrected chi connectivity index (χ1v) is 6.94. The van der Waals surface area contributed by atoms with Crippen molar-refractivity contribution in [3.05, 3.63) is 23.2 Å². The van der Waals surface area contributed by atoms with Crippen molar-refractivity contribution in [2.45, 2.75) is 6.42 Å². The number of carboxylic acids is 2. The maximum absolute atomic E-state index is 12.1. The van der Waals surface area contributed by atoms with Gasteiger partial charge in [0.2, 0.25) is 5.91 Å². The molecule has 2 aromatic heterocycles. The van der Waals surface area contributed by atoms with Crippen molar-refractivity contribution in [1.29, 1.82) is 0 Å². The molecule has 0 spiro atoms. The Labute approximate surface area is 122 Å². The van der Waals surface area contributed by atoms with Crippen LogP contribution >= 0.6 is 11.3 Å². The number of nitrogens with zero attached hydrogens (tertiary/aromatic N) is 2. The van der Waals surface area contributed by atoms with Gasteiger partial charge in [0.15, 0.2) is 0 Å². The van der Waals surface area contributed by atoms with Gasteiger partial charge in [-0.1, -0.05) is 0 Å². The number of aliphatic carboxylic acids is 1. The van der Waals surface area contributed by atoms with Crippen LogP contribution in [-0.2, 0) is 9.59 Å². The standard InChI is InChI=1S/C13H10N2O5S/c16-8-4-6(12(17)18)5-15(8)9-7-2-1-3-14-11(7)21-10(9)13(19)20/h1-3,6H,4-5H2,(H,17,18)(H,19,20). The van der Waals surface area contributed by atoms with Crippen molar-refractivity contribution in [3.63, 3.8) is 0 Å². The molecule has 0 radical (unpaired) electrons. The zero-order valence-electron chi connectivity index (χ0n) is 10.6. The molecule has 7 nitrogen and oxygen atoms in total. The predicted molar refractivity (Wildman–Crippen MR) is 74.7 cm³/mol. The largest absolute Gasteiger partial charge is 0.481 e. The summed E-state index contributed by atoms with van der Waals surface area (Å²) in [6, 6.07) is 3.33. The van der Waals surface area contributed by atoms with Crippen LogP contribution in [0.3, 0.4) is 0 Å². The second-order valence-corrected chi connectivity index (χ2v) is 5.68. The second-order valence-electron chi connectivity index (χ2n) is 4.68.